The van der Waals surface area contributed by atoms with E-state index < -0.39 is 5.97 Å². The summed E-state index contributed by atoms with van der Waals surface area (Å²) in [5.41, 5.74) is 6.78. The van der Waals surface area contributed by atoms with Crippen LogP contribution in [0.25, 0.3) is 16.8 Å². The third-order valence-corrected chi connectivity index (χ3v) is 5.23. The lowest BCUT2D eigenvalue weighted by Crippen LogP contribution is -2.10. The van der Waals surface area contributed by atoms with Gasteiger partial charge in [0.2, 0.25) is 0 Å². The van der Waals surface area contributed by atoms with Crippen molar-refractivity contribution < 1.29 is 19.1 Å². The minimum absolute atomic E-state index is 0.219. The highest BCUT2D eigenvalue weighted by Crippen LogP contribution is 2.33. The predicted octanol–water partition coefficient (Wildman–Crippen LogP) is 4.39. The van der Waals surface area contributed by atoms with Gasteiger partial charge in [0.1, 0.15) is 0 Å². The third kappa shape index (κ3) is 4.06. The monoisotopic (exact) mass is 418 g/mol. The van der Waals surface area contributed by atoms with Crippen LogP contribution < -0.4 is 15.2 Å². The maximum absolute atomic E-state index is 12.9. The van der Waals surface area contributed by atoms with Crippen molar-refractivity contribution >= 4 is 45.7 Å². The minimum Gasteiger partial charge on any atom is -0.490 e. The summed E-state index contributed by atoms with van der Waals surface area (Å²) in [4.78, 5) is 28.8. The number of fused-ring (bicyclic) bond motifs is 1. The average molecular weight is 418 g/mol. The smallest absolute Gasteiger partial charge is 0.344 e. The van der Waals surface area contributed by atoms with Crippen molar-refractivity contribution in [3.63, 3.8) is 0 Å². The predicted molar refractivity (Wildman–Crippen MR) is 119 cm³/mol. The van der Waals surface area contributed by atoms with Crippen molar-refractivity contribution in [3.8, 4) is 11.5 Å². The molecule has 0 atom stereocenters. The van der Waals surface area contributed by atoms with E-state index in [-0.39, 0.29) is 11.1 Å². The molecule has 6 nitrogen and oxygen atoms in total. The van der Waals surface area contributed by atoms with Crippen molar-refractivity contribution in [1.82, 2.24) is 0 Å². The Hall–Kier alpha value is -3.58. The molecule has 0 aromatic heterocycles. The summed E-state index contributed by atoms with van der Waals surface area (Å²) >= 11 is 1.11. The van der Waals surface area contributed by atoms with Crippen molar-refractivity contribution in [2.45, 2.75) is 6.92 Å². The first kappa shape index (κ1) is 19.7. The van der Waals surface area contributed by atoms with Crippen molar-refractivity contribution in [2.24, 2.45) is 10.7 Å². The van der Waals surface area contributed by atoms with Gasteiger partial charge in [0.25, 0.3) is 5.91 Å². The van der Waals surface area contributed by atoms with E-state index in [1.54, 1.807) is 30.3 Å². The summed E-state index contributed by atoms with van der Waals surface area (Å²) in [6.07, 6.45) is 1.68. The Labute approximate surface area is 177 Å². The first-order chi connectivity index (χ1) is 14.5. The molecule has 2 N–H and O–H groups in total. The van der Waals surface area contributed by atoms with Crippen LogP contribution in [0.4, 0.5) is 0 Å². The molecule has 0 saturated heterocycles. The van der Waals surface area contributed by atoms with Gasteiger partial charge in [-0.05, 0) is 59.3 Å². The maximum atomic E-state index is 12.9. The molecular weight excluding hydrogens is 400 g/mol. The van der Waals surface area contributed by atoms with Gasteiger partial charge in [0.05, 0.1) is 17.1 Å². The van der Waals surface area contributed by atoms with Gasteiger partial charge in [-0.25, -0.2) is 4.79 Å². The molecule has 3 aromatic rings. The topological polar surface area (TPSA) is 91.0 Å². The normalized spacial score (nSPS) is 14.8. The van der Waals surface area contributed by atoms with Gasteiger partial charge in [-0.1, -0.05) is 42.5 Å². The molecule has 0 aliphatic carbocycles. The molecular formula is C23H18N2O4S. The van der Waals surface area contributed by atoms with E-state index >= 15 is 0 Å². The van der Waals surface area contributed by atoms with E-state index in [0.717, 1.165) is 22.5 Å². The Balaban J connectivity index is 1.63. The maximum Gasteiger partial charge on any atom is 0.344 e. The largest absolute Gasteiger partial charge is 0.490 e. The van der Waals surface area contributed by atoms with Crippen LogP contribution in [-0.4, -0.2) is 23.7 Å². The van der Waals surface area contributed by atoms with Crippen LogP contribution in [0.5, 0.6) is 11.5 Å². The molecule has 0 saturated carbocycles. The van der Waals surface area contributed by atoms with Gasteiger partial charge in [-0.3, -0.25) is 4.79 Å². The number of esters is 1. The summed E-state index contributed by atoms with van der Waals surface area (Å²) in [6, 6.07) is 18.2. The number of benzene rings is 3. The number of rotatable bonds is 5. The molecule has 30 heavy (non-hydrogen) atoms. The molecule has 0 bridgehead atoms. The third-order valence-electron chi connectivity index (χ3n) is 4.41. The summed E-state index contributed by atoms with van der Waals surface area (Å²) in [5.74, 6) is -0.133. The molecule has 1 aliphatic heterocycles. The van der Waals surface area contributed by atoms with Crippen LogP contribution in [0.2, 0.25) is 0 Å². The zero-order valence-electron chi connectivity index (χ0n) is 16.1. The molecule has 1 aliphatic rings. The number of carbonyl (C=O) groups is 2. The number of thioether (sulfide) groups is 1. The quantitative estimate of drug-likeness (QED) is 0.375. The van der Waals surface area contributed by atoms with Crippen LogP contribution in [0, 0.1) is 0 Å². The zero-order valence-corrected chi connectivity index (χ0v) is 16.9. The van der Waals surface area contributed by atoms with Gasteiger partial charge in [-0.2, -0.15) is 4.99 Å². The molecule has 0 unspecified atom stereocenters. The van der Waals surface area contributed by atoms with E-state index in [1.807, 2.05) is 43.3 Å². The fourth-order valence-corrected chi connectivity index (χ4v) is 3.78. The summed E-state index contributed by atoms with van der Waals surface area (Å²) in [7, 11) is 0. The SMILES string of the molecule is CCOc1cc(C=C2SC(N)=NC2=O)ccc1OC(=O)c1cccc2ccccc12. The molecule has 0 radical (unpaired) electrons. The Kier molecular flexibility index (Phi) is 5.54. The van der Waals surface area contributed by atoms with Crippen LogP contribution >= 0.6 is 11.8 Å². The second-order valence-electron chi connectivity index (χ2n) is 6.42. The number of amides is 1. The average Bonchev–Trinajstić information content (AvgIpc) is 3.06. The molecule has 1 heterocycles. The lowest BCUT2D eigenvalue weighted by Gasteiger charge is -2.12. The number of carbonyl (C=O) groups excluding carboxylic acids is 2. The molecule has 7 heteroatoms. The van der Waals surface area contributed by atoms with Crippen LogP contribution in [0.1, 0.15) is 22.8 Å². The van der Waals surface area contributed by atoms with Crippen molar-refractivity contribution in [1.29, 1.82) is 0 Å². The van der Waals surface area contributed by atoms with E-state index in [2.05, 4.69) is 4.99 Å². The van der Waals surface area contributed by atoms with Gasteiger partial charge >= 0.3 is 5.97 Å². The van der Waals surface area contributed by atoms with Gasteiger partial charge in [0, 0.05) is 0 Å². The molecule has 1 amide bonds. The molecule has 0 fully saturated rings. The van der Waals surface area contributed by atoms with Crippen molar-refractivity contribution in [3.05, 3.63) is 76.7 Å². The van der Waals surface area contributed by atoms with Crippen LogP contribution in [-0.2, 0) is 4.79 Å². The summed E-state index contributed by atoms with van der Waals surface area (Å²) in [6.45, 7) is 2.23. The fourth-order valence-electron chi connectivity index (χ4n) is 3.10. The highest BCUT2D eigenvalue weighted by Gasteiger charge is 2.20. The second-order valence-corrected chi connectivity index (χ2v) is 7.48. The minimum atomic E-state index is -0.471. The van der Waals surface area contributed by atoms with E-state index in [0.29, 0.717) is 34.1 Å². The summed E-state index contributed by atoms with van der Waals surface area (Å²) in [5, 5.41) is 2.00. The number of hydrogen-bond acceptors (Lipinski definition) is 6. The highest BCUT2D eigenvalue weighted by atomic mass is 32.2. The first-order valence-electron chi connectivity index (χ1n) is 9.30. The van der Waals surface area contributed by atoms with Gasteiger partial charge in [-0.15, -0.1) is 0 Å². The number of aliphatic imine (C=N–C) groups is 1. The van der Waals surface area contributed by atoms with Crippen LogP contribution in [0.15, 0.2) is 70.6 Å². The Morgan fingerprint density at radius 1 is 1.10 bits per heavy atom. The Morgan fingerprint density at radius 2 is 1.90 bits per heavy atom. The van der Waals surface area contributed by atoms with Gasteiger partial charge in [0.15, 0.2) is 16.7 Å². The second kappa shape index (κ2) is 8.42. The number of nitrogens with two attached hydrogens (primary N) is 1. The van der Waals surface area contributed by atoms with Crippen LogP contribution in [0.3, 0.4) is 0 Å². The number of ether oxygens (including phenoxy) is 2. The lowest BCUT2D eigenvalue weighted by molar-refractivity contribution is -0.113. The number of amidine groups is 1. The molecule has 0 spiro atoms. The highest BCUT2D eigenvalue weighted by molar-refractivity contribution is 8.18. The first-order valence-corrected chi connectivity index (χ1v) is 10.1. The van der Waals surface area contributed by atoms with Crippen molar-refractivity contribution in [2.75, 3.05) is 6.61 Å². The number of nitrogens with zero attached hydrogens (tertiary/aromatic N) is 1. The fraction of sp³-hybridized carbons (Fsp3) is 0.0870. The van der Waals surface area contributed by atoms with E-state index in [1.165, 1.54) is 0 Å². The molecule has 4 rings (SSSR count). The van der Waals surface area contributed by atoms with E-state index in [4.69, 9.17) is 15.2 Å². The number of hydrogen-bond donors (Lipinski definition) is 1. The van der Waals surface area contributed by atoms with Gasteiger partial charge < -0.3 is 15.2 Å². The lowest BCUT2D eigenvalue weighted by atomic mass is 10.0. The summed E-state index contributed by atoms with van der Waals surface area (Å²) < 4.78 is 11.3. The van der Waals surface area contributed by atoms with E-state index in [9.17, 15) is 9.59 Å². The molecule has 150 valence electrons. The molecule has 3 aromatic carbocycles. The Morgan fingerprint density at radius 3 is 2.67 bits per heavy atom. The zero-order chi connectivity index (χ0) is 21.1. The standard InChI is InChI=1S/C23H18N2O4S/c1-2-28-19-12-14(13-20-21(26)25-23(24)30-20)10-11-18(19)29-22(27)17-9-5-7-15-6-3-4-8-16(15)17/h3-13H,2H2,1H3,(H2,24,25,26). The Bertz CT molecular complexity index is 1210.